The molecule has 2 aromatic carbocycles. The first-order valence-electron chi connectivity index (χ1n) is 9.31. The van der Waals surface area contributed by atoms with Crippen LogP contribution in [0.5, 0.6) is 5.75 Å². The van der Waals surface area contributed by atoms with Crippen LogP contribution in [0.2, 0.25) is 0 Å². The van der Waals surface area contributed by atoms with Gasteiger partial charge >= 0.3 is 0 Å². The molecule has 5 nitrogen and oxygen atoms in total. The summed E-state index contributed by atoms with van der Waals surface area (Å²) in [6.07, 6.45) is 5.16. The minimum atomic E-state index is -0.189. The number of carbonyl (C=O) groups excluding carboxylic acids is 1. The molecule has 3 aromatic rings. The summed E-state index contributed by atoms with van der Waals surface area (Å²) in [4.78, 5) is 18.7. The van der Waals surface area contributed by atoms with Gasteiger partial charge < -0.3 is 15.3 Å². The Morgan fingerprint density at radius 2 is 1.60 bits per heavy atom. The van der Waals surface area contributed by atoms with Crippen molar-refractivity contribution in [2.45, 2.75) is 12.8 Å². The van der Waals surface area contributed by atoms with E-state index < -0.39 is 0 Å². The molecular weight excluding hydrogens is 510 g/mol. The predicted octanol–water partition coefficient (Wildman–Crippen LogP) is 5.36. The zero-order chi connectivity index (χ0) is 19.9. The molecule has 0 atom stereocenters. The lowest BCUT2D eigenvalue weighted by Gasteiger charge is -2.11. The van der Waals surface area contributed by atoms with Gasteiger partial charge in [0.25, 0.3) is 5.91 Å². The van der Waals surface area contributed by atoms with Crippen LogP contribution in [-0.2, 0) is 6.42 Å². The van der Waals surface area contributed by atoms with Crippen LogP contribution < -0.4 is 5.32 Å². The number of amides is 1. The van der Waals surface area contributed by atoms with E-state index in [0.717, 1.165) is 41.8 Å². The standard InChI is InChI=1S/C23H25N3O2.2BrH/c1-26(2)15-3-4-19-16-20(7-10-22(19)27)23(28)25-21-8-5-17(6-9-21)18-11-13-24-14-12-18;;/h5-14,16,27H,3-4,15H2,1-2H3,(H,25,28);2*1H. The molecule has 0 fully saturated rings. The van der Waals surface area contributed by atoms with Crippen LogP contribution in [0.15, 0.2) is 67.0 Å². The first-order chi connectivity index (χ1) is 13.5. The molecule has 0 aliphatic rings. The second kappa shape index (κ2) is 12.5. The van der Waals surface area contributed by atoms with Crippen molar-refractivity contribution in [2.75, 3.05) is 26.0 Å². The zero-order valence-corrected chi connectivity index (χ0v) is 20.5. The van der Waals surface area contributed by atoms with Gasteiger partial charge in [-0.3, -0.25) is 9.78 Å². The molecule has 0 saturated carbocycles. The lowest BCUT2D eigenvalue weighted by atomic mass is 10.0. The van der Waals surface area contributed by atoms with Gasteiger partial charge in [0.15, 0.2) is 0 Å². The van der Waals surface area contributed by atoms with Crippen LogP contribution >= 0.6 is 34.0 Å². The van der Waals surface area contributed by atoms with Gasteiger partial charge in [0.1, 0.15) is 5.75 Å². The Balaban J connectivity index is 0.00000225. The number of nitrogens with one attached hydrogen (secondary N) is 1. The molecule has 0 aliphatic carbocycles. The Morgan fingerprint density at radius 1 is 0.967 bits per heavy atom. The Labute approximate surface area is 198 Å². The van der Waals surface area contributed by atoms with Crippen LogP contribution in [0.3, 0.4) is 0 Å². The number of aromatic nitrogens is 1. The Morgan fingerprint density at radius 3 is 2.23 bits per heavy atom. The van der Waals surface area contributed by atoms with E-state index in [0.29, 0.717) is 5.56 Å². The molecule has 0 bridgehead atoms. The van der Waals surface area contributed by atoms with Crippen LogP contribution in [0.25, 0.3) is 11.1 Å². The maximum absolute atomic E-state index is 12.6. The highest BCUT2D eigenvalue weighted by atomic mass is 79.9. The molecule has 1 aromatic heterocycles. The number of phenols is 1. The third-order valence-electron chi connectivity index (χ3n) is 4.55. The number of halogens is 2. The van der Waals surface area contributed by atoms with Gasteiger partial charge in [-0.15, -0.1) is 34.0 Å². The second-order valence-electron chi connectivity index (χ2n) is 7.02. The summed E-state index contributed by atoms with van der Waals surface area (Å²) in [7, 11) is 4.04. The van der Waals surface area contributed by atoms with E-state index in [1.165, 1.54) is 0 Å². The topological polar surface area (TPSA) is 65.5 Å². The van der Waals surface area contributed by atoms with Crippen LogP contribution in [0.4, 0.5) is 5.69 Å². The fraction of sp³-hybridized carbons (Fsp3) is 0.217. The summed E-state index contributed by atoms with van der Waals surface area (Å²) < 4.78 is 0. The summed E-state index contributed by atoms with van der Waals surface area (Å²) in [5.74, 6) is 0.0440. The number of aromatic hydroxyl groups is 1. The minimum Gasteiger partial charge on any atom is -0.508 e. The number of nitrogens with zero attached hydrogens (tertiary/aromatic N) is 2. The van der Waals surface area contributed by atoms with E-state index in [9.17, 15) is 9.90 Å². The van der Waals surface area contributed by atoms with Crippen molar-refractivity contribution in [1.82, 2.24) is 9.88 Å². The molecule has 1 heterocycles. The third kappa shape index (κ3) is 7.23. The Hall–Kier alpha value is -2.22. The number of rotatable bonds is 7. The van der Waals surface area contributed by atoms with Gasteiger partial charge in [-0.05, 0) is 92.6 Å². The normalized spacial score (nSPS) is 10.1. The SMILES string of the molecule is Br.Br.CN(C)CCCc1cc(C(=O)Nc2ccc(-c3ccncc3)cc2)ccc1O. The van der Waals surface area contributed by atoms with Crippen molar-refractivity contribution in [1.29, 1.82) is 0 Å². The fourth-order valence-electron chi connectivity index (χ4n) is 3.01. The molecule has 0 saturated heterocycles. The highest BCUT2D eigenvalue weighted by Gasteiger charge is 2.10. The van der Waals surface area contributed by atoms with Crippen molar-refractivity contribution in [3.63, 3.8) is 0 Å². The summed E-state index contributed by atoms with van der Waals surface area (Å²) >= 11 is 0. The molecule has 7 heteroatoms. The first-order valence-corrected chi connectivity index (χ1v) is 9.31. The molecule has 3 rings (SSSR count). The highest BCUT2D eigenvalue weighted by Crippen LogP contribution is 2.23. The summed E-state index contributed by atoms with van der Waals surface area (Å²) in [6.45, 7) is 0.930. The molecule has 0 aliphatic heterocycles. The predicted molar refractivity (Wildman–Crippen MR) is 133 cm³/mol. The molecular formula is C23H27Br2N3O2. The van der Waals surface area contributed by atoms with Crippen molar-refractivity contribution in [2.24, 2.45) is 0 Å². The van der Waals surface area contributed by atoms with E-state index in [4.69, 9.17) is 0 Å². The van der Waals surface area contributed by atoms with Gasteiger partial charge in [-0.1, -0.05) is 12.1 Å². The molecule has 1 amide bonds. The Kier molecular flexibility index (Phi) is 10.7. The average molecular weight is 537 g/mol. The average Bonchev–Trinajstić information content (AvgIpc) is 2.70. The van der Waals surface area contributed by atoms with Crippen molar-refractivity contribution in [3.8, 4) is 16.9 Å². The number of pyridine rings is 1. The van der Waals surface area contributed by atoms with Crippen molar-refractivity contribution < 1.29 is 9.90 Å². The van der Waals surface area contributed by atoms with Gasteiger partial charge in [0.05, 0.1) is 0 Å². The molecule has 2 N–H and O–H groups in total. The van der Waals surface area contributed by atoms with E-state index in [1.807, 2.05) is 50.5 Å². The number of carbonyl (C=O) groups is 1. The van der Waals surface area contributed by atoms with Crippen LogP contribution in [-0.4, -0.2) is 41.5 Å². The summed E-state index contributed by atoms with van der Waals surface area (Å²) in [5.41, 5.74) is 4.20. The number of anilines is 1. The first kappa shape index (κ1) is 25.8. The van der Waals surface area contributed by atoms with Crippen LogP contribution in [0.1, 0.15) is 22.3 Å². The number of aryl methyl sites for hydroxylation is 1. The molecule has 160 valence electrons. The molecule has 0 unspecified atom stereocenters. The quantitative estimate of drug-likeness (QED) is 0.427. The zero-order valence-electron chi connectivity index (χ0n) is 17.0. The largest absolute Gasteiger partial charge is 0.508 e. The van der Waals surface area contributed by atoms with E-state index in [-0.39, 0.29) is 45.6 Å². The summed E-state index contributed by atoms with van der Waals surface area (Å²) in [5, 5.41) is 13.0. The molecule has 0 radical (unpaired) electrons. The van der Waals surface area contributed by atoms with Gasteiger partial charge in [-0.25, -0.2) is 0 Å². The van der Waals surface area contributed by atoms with Crippen molar-refractivity contribution >= 4 is 45.6 Å². The van der Waals surface area contributed by atoms with Gasteiger partial charge in [0, 0.05) is 23.6 Å². The highest BCUT2D eigenvalue weighted by molar-refractivity contribution is 8.93. The fourth-order valence-corrected chi connectivity index (χ4v) is 3.01. The third-order valence-corrected chi connectivity index (χ3v) is 4.55. The monoisotopic (exact) mass is 535 g/mol. The molecule has 0 spiro atoms. The van der Waals surface area contributed by atoms with E-state index in [2.05, 4.69) is 15.2 Å². The van der Waals surface area contributed by atoms with Gasteiger partial charge in [-0.2, -0.15) is 0 Å². The smallest absolute Gasteiger partial charge is 0.255 e. The number of hydrogen-bond donors (Lipinski definition) is 2. The van der Waals surface area contributed by atoms with Crippen LogP contribution in [0, 0.1) is 0 Å². The lowest BCUT2D eigenvalue weighted by Crippen LogP contribution is -2.14. The lowest BCUT2D eigenvalue weighted by molar-refractivity contribution is 0.102. The van der Waals surface area contributed by atoms with E-state index in [1.54, 1.807) is 30.6 Å². The number of phenolic OH excluding ortho intramolecular Hbond substituents is 1. The van der Waals surface area contributed by atoms with Gasteiger partial charge in [0.2, 0.25) is 0 Å². The molecule has 30 heavy (non-hydrogen) atoms. The summed E-state index contributed by atoms with van der Waals surface area (Å²) in [6, 6.07) is 16.6. The van der Waals surface area contributed by atoms with E-state index >= 15 is 0 Å². The number of benzene rings is 2. The Bertz CT molecular complexity index is 933. The maximum Gasteiger partial charge on any atom is 0.255 e. The van der Waals surface area contributed by atoms with Crippen molar-refractivity contribution in [3.05, 3.63) is 78.1 Å². The number of hydrogen-bond acceptors (Lipinski definition) is 4. The second-order valence-corrected chi connectivity index (χ2v) is 7.02. The minimum absolute atomic E-state index is 0. The maximum atomic E-state index is 12.6.